The van der Waals surface area contributed by atoms with E-state index in [0.717, 1.165) is 16.6 Å². The van der Waals surface area contributed by atoms with Gasteiger partial charge in [-0.1, -0.05) is 36.4 Å². The van der Waals surface area contributed by atoms with Crippen LogP contribution in [0.5, 0.6) is 0 Å². The quantitative estimate of drug-likeness (QED) is 0.493. The molecule has 4 aromatic rings. The molecule has 0 saturated carbocycles. The minimum absolute atomic E-state index is 0.127. The number of hydrogen-bond acceptors (Lipinski definition) is 3. The summed E-state index contributed by atoms with van der Waals surface area (Å²) in [6, 6.07) is 19.1. The standard InChI is InChI=1S/C22H14N2O2/c25-21-15-9-6-11-23-19(15)22(26)20-18(21)16(13-14-7-2-1-3-8-14)17-10-4-5-12-24(17)20/h1-12H,13H2. The molecule has 3 heterocycles. The molecule has 0 saturated heterocycles. The van der Waals surface area contributed by atoms with Gasteiger partial charge in [-0.3, -0.25) is 14.6 Å². The molecule has 1 aliphatic rings. The van der Waals surface area contributed by atoms with Crippen LogP contribution in [0.15, 0.2) is 73.1 Å². The van der Waals surface area contributed by atoms with Gasteiger partial charge >= 0.3 is 0 Å². The van der Waals surface area contributed by atoms with Crippen LogP contribution in [0, 0.1) is 0 Å². The lowest BCUT2D eigenvalue weighted by atomic mass is 9.88. The van der Waals surface area contributed by atoms with E-state index in [9.17, 15) is 9.59 Å². The maximum absolute atomic E-state index is 13.2. The molecule has 0 aliphatic heterocycles. The van der Waals surface area contributed by atoms with E-state index >= 15 is 0 Å². The minimum atomic E-state index is -0.198. The van der Waals surface area contributed by atoms with Gasteiger partial charge in [0, 0.05) is 18.8 Å². The predicted molar refractivity (Wildman–Crippen MR) is 97.7 cm³/mol. The van der Waals surface area contributed by atoms with Crippen molar-refractivity contribution in [3.63, 3.8) is 0 Å². The Morgan fingerprint density at radius 2 is 1.65 bits per heavy atom. The van der Waals surface area contributed by atoms with Crippen molar-refractivity contribution in [1.29, 1.82) is 0 Å². The van der Waals surface area contributed by atoms with Crippen LogP contribution in [0.3, 0.4) is 0 Å². The highest BCUT2D eigenvalue weighted by Crippen LogP contribution is 2.34. The van der Waals surface area contributed by atoms with Gasteiger partial charge in [-0.05, 0) is 35.4 Å². The smallest absolute Gasteiger partial charge is 0.229 e. The van der Waals surface area contributed by atoms with Crippen molar-refractivity contribution in [1.82, 2.24) is 9.38 Å². The Kier molecular flexibility index (Phi) is 3.12. The van der Waals surface area contributed by atoms with Gasteiger partial charge < -0.3 is 4.40 Å². The second-order valence-electron chi connectivity index (χ2n) is 6.38. The molecule has 4 heteroatoms. The van der Waals surface area contributed by atoms with E-state index in [1.165, 1.54) is 0 Å². The fourth-order valence-electron chi connectivity index (χ4n) is 3.74. The Labute approximate surface area is 149 Å². The molecule has 26 heavy (non-hydrogen) atoms. The highest BCUT2D eigenvalue weighted by molar-refractivity contribution is 6.28. The lowest BCUT2D eigenvalue weighted by molar-refractivity contribution is 0.0971. The molecule has 1 aliphatic carbocycles. The van der Waals surface area contributed by atoms with Crippen molar-refractivity contribution < 1.29 is 9.59 Å². The maximum atomic E-state index is 13.2. The Morgan fingerprint density at radius 1 is 0.846 bits per heavy atom. The fourth-order valence-corrected chi connectivity index (χ4v) is 3.74. The van der Waals surface area contributed by atoms with Gasteiger partial charge in [0.1, 0.15) is 11.4 Å². The number of aromatic nitrogens is 2. The average Bonchev–Trinajstić information content (AvgIpc) is 3.02. The lowest BCUT2D eigenvalue weighted by Gasteiger charge is -2.14. The fraction of sp³-hybridized carbons (Fsp3) is 0.0455. The molecule has 0 radical (unpaired) electrons. The Hall–Kier alpha value is -3.53. The number of nitrogens with zero attached hydrogens (tertiary/aromatic N) is 2. The molecular formula is C22H14N2O2. The molecule has 4 nitrogen and oxygen atoms in total. The summed E-state index contributed by atoms with van der Waals surface area (Å²) in [6.07, 6.45) is 3.98. The number of benzene rings is 1. The van der Waals surface area contributed by atoms with Crippen LogP contribution < -0.4 is 0 Å². The van der Waals surface area contributed by atoms with Crippen LogP contribution in [0.4, 0.5) is 0 Å². The van der Waals surface area contributed by atoms with Crippen LogP contribution in [0.25, 0.3) is 5.52 Å². The molecule has 5 rings (SSSR count). The SMILES string of the molecule is O=C1c2cccnc2C(=O)c2c1c(Cc1ccccc1)c1ccccn21. The first-order chi connectivity index (χ1) is 12.8. The van der Waals surface area contributed by atoms with Gasteiger partial charge in [0.2, 0.25) is 5.78 Å². The van der Waals surface area contributed by atoms with Crippen molar-refractivity contribution >= 4 is 17.1 Å². The second-order valence-corrected chi connectivity index (χ2v) is 6.38. The van der Waals surface area contributed by atoms with Crippen LogP contribution in [-0.4, -0.2) is 21.0 Å². The van der Waals surface area contributed by atoms with E-state index in [0.29, 0.717) is 23.2 Å². The Bertz CT molecular complexity index is 1190. The predicted octanol–water partition coefficient (Wildman–Crippen LogP) is 3.70. The van der Waals surface area contributed by atoms with Crippen molar-refractivity contribution in [2.45, 2.75) is 6.42 Å². The molecule has 0 amide bonds. The van der Waals surface area contributed by atoms with Gasteiger partial charge in [0.15, 0.2) is 5.78 Å². The first-order valence-electron chi connectivity index (χ1n) is 8.46. The Balaban J connectivity index is 1.82. The molecule has 124 valence electrons. The zero-order valence-electron chi connectivity index (χ0n) is 13.8. The highest BCUT2D eigenvalue weighted by atomic mass is 16.1. The minimum Gasteiger partial charge on any atom is -0.313 e. The summed E-state index contributed by atoms with van der Waals surface area (Å²) in [5, 5.41) is 0. The monoisotopic (exact) mass is 338 g/mol. The van der Waals surface area contributed by atoms with Crippen LogP contribution >= 0.6 is 0 Å². The zero-order valence-corrected chi connectivity index (χ0v) is 13.8. The van der Waals surface area contributed by atoms with Gasteiger partial charge in [-0.15, -0.1) is 0 Å². The van der Waals surface area contributed by atoms with Gasteiger partial charge in [0.25, 0.3) is 0 Å². The lowest BCUT2D eigenvalue weighted by Crippen LogP contribution is -2.23. The first-order valence-corrected chi connectivity index (χ1v) is 8.46. The van der Waals surface area contributed by atoms with Crippen molar-refractivity contribution in [2.24, 2.45) is 0 Å². The number of carbonyl (C=O) groups excluding carboxylic acids is 2. The van der Waals surface area contributed by atoms with E-state index in [-0.39, 0.29) is 17.3 Å². The normalized spacial score (nSPS) is 12.9. The third kappa shape index (κ3) is 1.99. The van der Waals surface area contributed by atoms with Crippen LogP contribution in [-0.2, 0) is 6.42 Å². The number of fused-ring (bicyclic) bond motifs is 4. The molecule has 0 N–H and O–H groups in total. The summed E-state index contributed by atoms with van der Waals surface area (Å²) in [5.74, 6) is -0.326. The zero-order chi connectivity index (χ0) is 17.7. The van der Waals surface area contributed by atoms with Crippen molar-refractivity contribution in [2.75, 3.05) is 0 Å². The van der Waals surface area contributed by atoms with E-state index in [4.69, 9.17) is 0 Å². The average molecular weight is 338 g/mol. The second kappa shape index (κ2) is 5.49. The Morgan fingerprint density at radius 3 is 2.50 bits per heavy atom. The molecule has 0 unspecified atom stereocenters. The number of carbonyl (C=O) groups is 2. The largest absolute Gasteiger partial charge is 0.313 e. The van der Waals surface area contributed by atoms with Crippen molar-refractivity contribution in [3.05, 3.63) is 107 Å². The summed E-state index contributed by atoms with van der Waals surface area (Å²) in [4.78, 5) is 30.5. The first kappa shape index (κ1) is 14.8. The summed E-state index contributed by atoms with van der Waals surface area (Å²) in [7, 11) is 0. The summed E-state index contributed by atoms with van der Waals surface area (Å²) in [6.45, 7) is 0. The summed E-state index contributed by atoms with van der Waals surface area (Å²) >= 11 is 0. The third-order valence-electron chi connectivity index (χ3n) is 4.88. The van der Waals surface area contributed by atoms with E-state index in [2.05, 4.69) is 4.98 Å². The summed E-state index contributed by atoms with van der Waals surface area (Å²) < 4.78 is 1.82. The molecule has 0 spiro atoms. The molecule has 0 atom stereocenters. The van der Waals surface area contributed by atoms with E-state index in [1.807, 2.05) is 59.1 Å². The van der Waals surface area contributed by atoms with E-state index < -0.39 is 0 Å². The highest BCUT2D eigenvalue weighted by Gasteiger charge is 2.36. The molecule has 3 aromatic heterocycles. The van der Waals surface area contributed by atoms with Crippen LogP contribution in [0.2, 0.25) is 0 Å². The topological polar surface area (TPSA) is 51.4 Å². The number of pyridine rings is 2. The van der Waals surface area contributed by atoms with Gasteiger partial charge in [-0.2, -0.15) is 0 Å². The van der Waals surface area contributed by atoms with E-state index in [1.54, 1.807) is 18.3 Å². The summed E-state index contributed by atoms with van der Waals surface area (Å²) in [5.41, 5.74) is 4.42. The van der Waals surface area contributed by atoms with Crippen LogP contribution in [0.1, 0.15) is 43.2 Å². The third-order valence-corrected chi connectivity index (χ3v) is 4.88. The van der Waals surface area contributed by atoms with Crippen molar-refractivity contribution in [3.8, 4) is 0 Å². The van der Waals surface area contributed by atoms with Gasteiger partial charge in [0.05, 0.1) is 16.6 Å². The van der Waals surface area contributed by atoms with Gasteiger partial charge in [-0.25, -0.2) is 0 Å². The maximum Gasteiger partial charge on any atom is 0.229 e. The number of ketones is 2. The number of hydrogen-bond donors (Lipinski definition) is 0. The number of rotatable bonds is 2. The molecule has 0 bridgehead atoms. The molecule has 1 aromatic carbocycles. The molecular weight excluding hydrogens is 324 g/mol. The molecule has 0 fully saturated rings.